The maximum atomic E-state index is 5.49. The van der Waals surface area contributed by atoms with Crippen LogP contribution in [0.1, 0.15) is 29.7 Å². The first kappa shape index (κ1) is 14.9. The molecule has 0 radical (unpaired) electrons. The van der Waals surface area contributed by atoms with Gasteiger partial charge in [0, 0.05) is 15.7 Å². The minimum atomic E-state index is 0.170. The van der Waals surface area contributed by atoms with Crippen LogP contribution in [0.3, 0.4) is 0 Å². The largest absolute Gasteiger partial charge is 0.496 e. The lowest BCUT2D eigenvalue weighted by molar-refractivity contribution is 0.407. The van der Waals surface area contributed by atoms with Gasteiger partial charge in [-0.05, 0) is 66.0 Å². The van der Waals surface area contributed by atoms with Gasteiger partial charge in [-0.15, -0.1) is 0 Å². The average molecular weight is 334 g/mol. The molecule has 0 amide bonds. The Hall–Kier alpha value is -1.48. The summed E-state index contributed by atoms with van der Waals surface area (Å²) < 4.78 is 6.56. The summed E-state index contributed by atoms with van der Waals surface area (Å²) in [5.41, 5.74) is 4.69. The summed E-state index contributed by atoms with van der Waals surface area (Å²) in [4.78, 5) is 0. The Morgan fingerprint density at radius 2 is 1.70 bits per heavy atom. The maximum Gasteiger partial charge on any atom is 0.124 e. The number of aryl methyl sites for hydroxylation is 2. The highest BCUT2D eigenvalue weighted by atomic mass is 79.9. The van der Waals surface area contributed by atoms with Crippen molar-refractivity contribution in [3.63, 3.8) is 0 Å². The van der Waals surface area contributed by atoms with E-state index in [0.717, 1.165) is 21.5 Å². The molecule has 3 heteroatoms. The van der Waals surface area contributed by atoms with Gasteiger partial charge in [0.25, 0.3) is 0 Å². The molecular formula is C17H20BrNO. The van der Waals surface area contributed by atoms with Crippen molar-refractivity contribution in [3.05, 3.63) is 57.6 Å². The molecule has 0 aliphatic carbocycles. The number of benzene rings is 2. The highest BCUT2D eigenvalue weighted by Crippen LogP contribution is 2.31. The Balaban J connectivity index is 2.28. The van der Waals surface area contributed by atoms with Crippen LogP contribution in [0, 0.1) is 13.8 Å². The molecule has 0 saturated carbocycles. The smallest absolute Gasteiger partial charge is 0.124 e. The zero-order valence-corrected chi connectivity index (χ0v) is 13.9. The number of hydrogen-bond donors (Lipinski definition) is 1. The molecule has 1 atom stereocenters. The van der Waals surface area contributed by atoms with Gasteiger partial charge in [-0.2, -0.15) is 0 Å². The predicted molar refractivity (Wildman–Crippen MR) is 88.6 cm³/mol. The van der Waals surface area contributed by atoms with Gasteiger partial charge >= 0.3 is 0 Å². The first-order valence-electron chi connectivity index (χ1n) is 6.68. The van der Waals surface area contributed by atoms with Crippen LogP contribution >= 0.6 is 15.9 Å². The van der Waals surface area contributed by atoms with Crippen LogP contribution in [0.4, 0.5) is 5.69 Å². The molecule has 1 N–H and O–H groups in total. The molecule has 0 aliphatic rings. The average Bonchev–Trinajstić information content (AvgIpc) is 2.42. The molecule has 0 aliphatic heterocycles. The second-order valence-electron chi connectivity index (χ2n) is 5.09. The molecule has 2 rings (SSSR count). The summed E-state index contributed by atoms with van der Waals surface area (Å²) in [6, 6.07) is 12.8. The van der Waals surface area contributed by atoms with E-state index < -0.39 is 0 Å². The Morgan fingerprint density at radius 1 is 1.05 bits per heavy atom. The van der Waals surface area contributed by atoms with Crippen molar-refractivity contribution in [1.82, 2.24) is 0 Å². The van der Waals surface area contributed by atoms with Crippen molar-refractivity contribution in [3.8, 4) is 5.75 Å². The summed E-state index contributed by atoms with van der Waals surface area (Å²) in [5.74, 6) is 0.925. The van der Waals surface area contributed by atoms with E-state index in [4.69, 9.17) is 4.74 Å². The van der Waals surface area contributed by atoms with E-state index in [1.165, 1.54) is 11.1 Å². The fourth-order valence-electron chi connectivity index (χ4n) is 2.24. The monoisotopic (exact) mass is 333 g/mol. The van der Waals surface area contributed by atoms with Gasteiger partial charge in [-0.25, -0.2) is 0 Å². The quantitative estimate of drug-likeness (QED) is 0.825. The summed E-state index contributed by atoms with van der Waals surface area (Å²) >= 11 is 3.58. The third-order valence-corrected chi connectivity index (χ3v) is 4.04. The van der Waals surface area contributed by atoms with Gasteiger partial charge < -0.3 is 10.1 Å². The Labute approximate surface area is 129 Å². The lowest BCUT2D eigenvalue weighted by Crippen LogP contribution is -2.09. The van der Waals surface area contributed by atoms with Gasteiger partial charge in [-0.3, -0.25) is 0 Å². The number of nitrogens with one attached hydrogen (secondary N) is 1. The first-order valence-corrected chi connectivity index (χ1v) is 7.48. The molecule has 1 unspecified atom stereocenters. The summed E-state index contributed by atoms with van der Waals surface area (Å²) in [5, 5.41) is 3.53. The molecule has 2 aromatic rings. The molecule has 0 bridgehead atoms. The fraction of sp³-hybridized carbons (Fsp3) is 0.294. The Kier molecular flexibility index (Phi) is 4.71. The Bertz CT molecular complexity index is 610. The molecule has 106 valence electrons. The molecule has 0 saturated heterocycles. The number of ether oxygens (including phenoxy) is 1. The van der Waals surface area contributed by atoms with E-state index in [1.54, 1.807) is 7.11 Å². The zero-order chi connectivity index (χ0) is 14.7. The molecule has 2 aromatic carbocycles. The SMILES string of the molecule is COc1cc(C)ccc1C(C)Nc1cc(C)ccc1Br. The normalized spacial score (nSPS) is 12.1. The third kappa shape index (κ3) is 3.34. The highest BCUT2D eigenvalue weighted by Gasteiger charge is 2.12. The van der Waals surface area contributed by atoms with Gasteiger partial charge in [0.1, 0.15) is 5.75 Å². The molecule has 0 heterocycles. The van der Waals surface area contributed by atoms with E-state index in [9.17, 15) is 0 Å². The standard InChI is InChI=1S/C17H20BrNO/c1-11-6-8-15(18)16(9-11)19-13(3)14-7-5-12(2)10-17(14)20-4/h5-10,13,19H,1-4H3. The molecular weight excluding hydrogens is 314 g/mol. The molecule has 20 heavy (non-hydrogen) atoms. The minimum Gasteiger partial charge on any atom is -0.496 e. The topological polar surface area (TPSA) is 21.3 Å². The van der Waals surface area contributed by atoms with Crippen molar-refractivity contribution in [2.24, 2.45) is 0 Å². The number of methoxy groups -OCH3 is 1. The molecule has 0 fully saturated rings. The van der Waals surface area contributed by atoms with Gasteiger partial charge in [-0.1, -0.05) is 18.2 Å². The van der Waals surface area contributed by atoms with Crippen molar-refractivity contribution < 1.29 is 4.74 Å². The lowest BCUT2D eigenvalue weighted by Gasteiger charge is -2.20. The molecule has 0 aromatic heterocycles. The summed E-state index contributed by atoms with van der Waals surface area (Å²) in [6.07, 6.45) is 0. The summed E-state index contributed by atoms with van der Waals surface area (Å²) in [6.45, 7) is 6.30. The molecule has 0 spiro atoms. The van der Waals surface area contributed by atoms with Crippen LogP contribution in [-0.2, 0) is 0 Å². The van der Waals surface area contributed by atoms with Crippen molar-refractivity contribution in [2.75, 3.05) is 12.4 Å². The van der Waals surface area contributed by atoms with E-state index >= 15 is 0 Å². The number of hydrogen-bond acceptors (Lipinski definition) is 2. The molecule has 2 nitrogen and oxygen atoms in total. The van der Waals surface area contributed by atoms with E-state index in [2.05, 4.69) is 78.4 Å². The zero-order valence-electron chi connectivity index (χ0n) is 12.3. The second-order valence-corrected chi connectivity index (χ2v) is 5.95. The van der Waals surface area contributed by atoms with Crippen LogP contribution in [0.15, 0.2) is 40.9 Å². The predicted octanol–water partition coefficient (Wildman–Crippen LogP) is 5.25. The maximum absolute atomic E-state index is 5.49. The van der Waals surface area contributed by atoms with Gasteiger partial charge in [0.15, 0.2) is 0 Å². The van der Waals surface area contributed by atoms with Crippen LogP contribution in [0.2, 0.25) is 0 Å². The van der Waals surface area contributed by atoms with Crippen LogP contribution in [-0.4, -0.2) is 7.11 Å². The van der Waals surface area contributed by atoms with Gasteiger partial charge in [0.05, 0.1) is 13.2 Å². The fourth-order valence-corrected chi connectivity index (χ4v) is 2.60. The van der Waals surface area contributed by atoms with Crippen molar-refractivity contribution >= 4 is 21.6 Å². The van der Waals surface area contributed by atoms with Crippen molar-refractivity contribution in [1.29, 1.82) is 0 Å². The van der Waals surface area contributed by atoms with Crippen molar-refractivity contribution in [2.45, 2.75) is 26.8 Å². The lowest BCUT2D eigenvalue weighted by atomic mass is 10.0. The third-order valence-electron chi connectivity index (χ3n) is 3.35. The van der Waals surface area contributed by atoms with Crippen LogP contribution < -0.4 is 10.1 Å². The van der Waals surface area contributed by atoms with Crippen LogP contribution in [0.5, 0.6) is 5.75 Å². The number of halogens is 1. The Morgan fingerprint density at radius 3 is 2.40 bits per heavy atom. The number of anilines is 1. The highest BCUT2D eigenvalue weighted by molar-refractivity contribution is 9.10. The minimum absolute atomic E-state index is 0.170. The van der Waals surface area contributed by atoms with E-state index in [-0.39, 0.29) is 6.04 Å². The number of rotatable bonds is 4. The van der Waals surface area contributed by atoms with Gasteiger partial charge in [0.2, 0.25) is 0 Å². The second kappa shape index (κ2) is 6.31. The first-order chi connectivity index (χ1) is 9.51. The van der Waals surface area contributed by atoms with E-state index in [1.807, 2.05) is 0 Å². The summed E-state index contributed by atoms with van der Waals surface area (Å²) in [7, 11) is 1.72. The van der Waals surface area contributed by atoms with Crippen LogP contribution in [0.25, 0.3) is 0 Å². The van der Waals surface area contributed by atoms with E-state index in [0.29, 0.717) is 0 Å².